The van der Waals surface area contributed by atoms with Gasteiger partial charge in [0.2, 0.25) is 0 Å². The van der Waals surface area contributed by atoms with Crippen molar-refractivity contribution in [2.75, 3.05) is 11.5 Å². The molecule has 8 heteroatoms. The molecule has 2 heterocycles. The first-order chi connectivity index (χ1) is 12.4. The lowest BCUT2D eigenvalue weighted by Gasteiger charge is -2.18. The summed E-state index contributed by atoms with van der Waals surface area (Å²) in [5.41, 5.74) is 2.92. The van der Waals surface area contributed by atoms with Crippen LogP contribution in [0.25, 0.3) is 0 Å². The largest absolute Gasteiger partial charge is 0.349 e. The van der Waals surface area contributed by atoms with Crippen LogP contribution in [0.1, 0.15) is 35.7 Å². The molecular formula is C18H19ClN2O3S2. The molecular weight excluding hydrogens is 392 g/mol. The molecule has 1 fully saturated rings. The predicted molar refractivity (Wildman–Crippen MR) is 104 cm³/mol. The summed E-state index contributed by atoms with van der Waals surface area (Å²) in [4.78, 5) is 17.0. The molecule has 0 bridgehead atoms. The lowest BCUT2D eigenvalue weighted by Crippen LogP contribution is -2.31. The summed E-state index contributed by atoms with van der Waals surface area (Å²) in [5.74, 6) is 0.933. The molecule has 5 nitrogen and oxygen atoms in total. The molecule has 0 saturated carbocycles. The average molecular weight is 411 g/mol. The number of rotatable bonds is 4. The Labute approximate surface area is 161 Å². The Balaban J connectivity index is 1.64. The Hall–Kier alpha value is -1.31. The summed E-state index contributed by atoms with van der Waals surface area (Å²) in [5, 5.41) is 1.49. The maximum Gasteiger partial charge on any atom is 0.349 e. The third-order valence-electron chi connectivity index (χ3n) is 5.00. The molecule has 1 aromatic heterocycles. The van der Waals surface area contributed by atoms with Gasteiger partial charge in [-0.25, -0.2) is 13.2 Å². The lowest BCUT2D eigenvalue weighted by atomic mass is 10.2. The van der Waals surface area contributed by atoms with Crippen molar-refractivity contribution < 1.29 is 8.42 Å². The molecule has 1 atom stereocenters. The summed E-state index contributed by atoms with van der Waals surface area (Å²) in [6.07, 6.45) is 3.20. The van der Waals surface area contributed by atoms with Crippen molar-refractivity contribution in [3.8, 4) is 0 Å². The molecule has 138 valence electrons. The van der Waals surface area contributed by atoms with Crippen molar-refractivity contribution in [1.29, 1.82) is 0 Å². The van der Waals surface area contributed by atoms with E-state index in [9.17, 15) is 13.2 Å². The Morgan fingerprint density at radius 1 is 1.23 bits per heavy atom. The zero-order valence-corrected chi connectivity index (χ0v) is 16.5. The predicted octanol–water partition coefficient (Wildman–Crippen LogP) is 3.04. The molecule has 26 heavy (non-hydrogen) atoms. The fourth-order valence-electron chi connectivity index (χ4n) is 3.75. The van der Waals surface area contributed by atoms with Gasteiger partial charge in [-0.15, -0.1) is 11.8 Å². The number of hydrogen-bond acceptors (Lipinski definition) is 5. The van der Waals surface area contributed by atoms with Crippen molar-refractivity contribution in [1.82, 2.24) is 9.55 Å². The standard InChI is InChI=1S/C18H19ClN2O3S2/c19-13-6-4-12(5-7-13)10-25-17-15-2-1-3-16(15)21(18(22)20-17)14-8-9-26(23,24)11-14/h4-7,14H,1-3,8-11H2/t14-/m0/s1. The van der Waals surface area contributed by atoms with Crippen molar-refractivity contribution in [3.63, 3.8) is 0 Å². The summed E-state index contributed by atoms with van der Waals surface area (Å²) in [6.45, 7) is 0. The van der Waals surface area contributed by atoms with Crippen molar-refractivity contribution >= 4 is 33.2 Å². The summed E-state index contributed by atoms with van der Waals surface area (Å²) < 4.78 is 25.3. The third-order valence-corrected chi connectivity index (χ3v) is 8.09. The van der Waals surface area contributed by atoms with Crippen LogP contribution in [0.4, 0.5) is 0 Å². The molecule has 0 spiro atoms. The van der Waals surface area contributed by atoms with E-state index in [1.165, 1.54) is 0 Å². The molecule has 1 saturated heterocycles. The van der Waals surface area contributed by atoms with Crippen LogP contribution in [0.2, 0.25) is 5.02 Å². The maximum atomic E-state index is 12.7. The van der Waals surface area contributed by atoms with Crippen LogP contribution in [-0.4, -0.2) is 29.5 Å². The second-order valence-corrected chi connectivity index (χ2v) is 10.4. The van der Waals surface area contributed by atoms with E-state index in [4.69, 9.17) is 11.6 Å². The molecule has 1 aromatic carbocycles. The van der Waals surface area contributed by atoms with Gasteiger partial charge in [-0.05, 0) is 43.4 Å². The molecule has 2 aliphatic rings. The zero-order chi connectivity index (χ0) is 18.3. The summed E-state index contributed by atoms with van der Waals surface area (Å²) in [6, 6.07) is 7.39. The number of thioether (sulfide) groups is 1. The van der Waals surface area contributed by atoms with E-state index in [-0.39, 0.29) is 23.2 Å². The highest BCUT2D eigenvalue weighted by atomic mass is 35.5. The van der Waals surface area contributed by atoms with Gasteiger partial charge in [-0.1, -0.05) is 23.7 Å². The second-order valence-electron chi connectivity index (χ2n) is 6.82. The Morgan fingerprint density at radius 2 is 2.00 bits per heavy atom. The van der Waals surface area contributed by atoms with Gasteiger partial charge in [0.25, 0.3) is 0 Å². The first-order valence-corrected chi connectivity index (χ1v) is 11.8. The van der Waals surface area contributed by atoms with E-state index >= 15 is 0 Å². The average Bonchev–Trinajstić information content (AvgIpc) is 3.20. The van der Waals surface area contributed by atoms with Gasteiger partial charge in [0, 0.05) is 22.0 Å². The highest BCUT2D eigenvalue weighted by Gasteiger charge is 2.33. The molecule has 1 aliphatic carbocycles. The van der Waals surface area contributed by atoms with Crippen molar-refractivity contribution in [2.24, 2.45) is 0 Å². The van der Waals surface area contributed by atoms with Gasteiger partial charge in [0.05, 0.1) is 17.5 Å². The van der Waals surface area contributed by atoms with E-state index in [1.807, 2.05) is 24.3 Å². The van der Waals surface area contributed by atoms with Crippen LogP contribution >= 0.6 is 23.4 Å². The molecule has 0 amide bonds. The molecule has 4 rings (SSSR count). The van der Waals surface area contributed by atoms with E-state index in [1.54, 1.807) is 16.3 Å². The number of aromatic nitrogens is 2. The van der Waals surface area contributed by atoms with E-state index < -0.39 is 9.84 Å². The van der Waals surface area contributed by atoms with E-state index in [0.717, 1.165) is 46.9 Å². The molecule has 0 radical (unpaired) electrons. The van der Waals surface area contributed by atoms with Gasteiger partial charge >= 0.3 is 5.69 Å². The minimum absolute atomic E-state index is 0.0539. The van der Waals surface area contributed by atoms with Gasteiger partial charge in [0.15, 0.2) is 9.84 Å². The minimum Gasteiger partial charge on any atom is -0.292 e. The van der Waals surface area contributed by atoms with Crippen molar-refractivity contribution in [3.05, 3.63) is 56.6 Å². The minimum atomic E-state index is -3.04. The van der Waals surface area contributed by atoms with Crippen LogP contribution in [0.3, 0.4) is 0 Å². The Morgan fingerprint density at radius 3 is 2.69 bits per heavy atom. The van der Waals surface area contributed by atoms with E-state index in [2.05, 4.69) is 4.98 Å². The van der Waals surface area contributed by atoms with Gasteiger partial charge in [0.1, 0.15) is 5.03 Å². The van der Waals surface area contributed by atoms with Crippen molar-refractivity contribution in [2.45, 2.75) is 42.5 Å². The molecule has 0 unspecified atom stereocenters. The monoisotopic (exact) mass is 410 g/mol. The topological polar surface area (TPSA) is 69.0 Å². The number of nitrogens with zero attached hydrogens (tertiary/aromatic N) is 2. The maximum absolute atomic E-state index is 12.7. The van der Waals surface area contributed by atoms with Gasteiger partial charge in [-0.3, -0.25) is 4.57 Å². The van der Waals surface area contributed by atoms with Gasteiger partial charge < -0.3 is 0 Å². The smallest absolute Gasteiger partial charge is 0.292 e. The normalized spacial score (nSPS) is 21.0. The first kappa shape index (κ1) is 18.1. The number of benzene rings is 1. The quantitative estimate of drug-likeness (QED) is 0.572. The number of fused-ring (bicyclic) bond motifs is 1. The summed E-state index contributed by atoms with van der Waals surface area (Å²) in [7, 11) is -3.04. The molecule has 0 N–H and O–H groups in total. The van der Waals surface area contributed by atoms with Gasteiger partial charge in [-0.2, -0.15) is 4.98 Å². The van der Waals surface area contributed by atoms with Crippen LogP contribution in [0.5, 0.6) is 0 Å². The first-order valence-electron chi connectivity index (χ1n) is 8.65. The van der Waals surface area contributed by atoms with Crippen LogP contribution in [-0.2, 0) is 28.4 Å². The number of halogens is 1. The molecule has 2 aromatic rings. The zero-order valence-electron chi connectivity index (χ0n) is 14.2. The Bertz CT molecular complexity index is 1000. The third kappa shape index (κ3) is 3.57. The highest BCUT2D eigenvalue weighted by Crippen LogP contribution is 2.34. The number of hydrogen-bond donors (Lipinski definition) is 0. The lowest BCUT2D eigenvalue weighted by molar-refractivity contribution is 0.502. The summed E-state index contributed by atoms with van der Waals surface area (Å²) >= 11 is 7.48. The second kappa shape index (κ2) is 7.02. The fraction of sp³-hybridized carbons (Fsp3) is 0.444. The highest BCUT2D eigenvalue weighted by molar-refractivity contribution is 7.98. The van der Waals surface area contributed by atoms with Crippen LogP contribution in [0.15, 0.2) is 34.1 Å². The fourth-order valence-corrected chi connectivity index (χ4v) is 6.61. The van der Waals surface area contributed by atoms with Crippen LogP contribution < -0.4 is 5.69 Å². The Kier molecular flexibility index (Phi) is 4.88. The SMILES string of the molecule is O=c1nc(SCc2ccc(Cl)cc2)c2c(n1[C@H]1CCS(=O)(=O)C1)CCC2. The van der Waals surface area contributed by atoms with Crippen LogP contribution in [0, 0.1) is 0 Å². The van der Waals surface area contributed by atoms with E-state index in [0.29, 0.717) is 11.4 Å². The molecule has 1 aliphatic heterocycles. The number of sulfone groups is 1.